The first-order valence-corrected chi connectivity index (χ1v) is 3.92. The minimum Gasteiger partial charge on any atom is -0.228 e. The van der Waals surface area contributed by atoms with E-state index >= 15 is 0 Å². The van der Waals surface area contributed by atoms with Crippen LogP contribution in [0.5, 0.6) is 0 Å². The molecule has 0 heterocycles. The molecule has 59 valence electrons. The minimum absolute atomic E-state index is 0.178. The predicted molar refractivity (Wildman–Crippen MR) is 44.7 cm³/mol. The summed E-state index contributed by atoms with van der Waals surface area (Å²) in [7, 11) is 0. The molecular formula is C10H13O. The lowest BCUT2D eigenvalue weighted by molar-refractivity contribution is 0.0488. The fraction of sp³-hybridized carbons (Fsp3) is 0.400. The lowest BCUT2D eigenvalue weighted by Crippen LogP contribution is -2.02. The van der Waals surface area contributed by atoms with Gasteiger partial charge in [0.15, 0.2) is 0 Å². The van der Waals surface area contributed by atoms with Crippen LogP contribution < -0.4 is 0 Å². The van der Waals surface area contributed by atoms with Gasteiger partial charge < -0.3 is 0 Å². The highest BCUT2D eigenvalue weighted by atomic mass is 16.3. The van der Waals surface area contributed by atoms with Crippen LogP contribution in [0.1, 0.15) is 25.5 Å². The van der Waals surface area contributed by atoms with Gasteiger partial charge in [-0.3, -0.25) is 0 Å². The molecule has 1 radical (unpaired) electrons. The molecule has 0 bridgehead atoms. The normalized spacial score (nSPS) is 13.5. The van der Waals surface area contributed by atoms with E-state index in [-0.39, 0.29) is 5.92 Å². The summed E-state index contributed by atoms with van der Waals surface area (Å²) in [4.78, 5) is 0. The second-order valence-electron chi connectivity index (χ2n) is 3.08. The summed E-state index contributed by atoms with van der Waals surface area (Å²) < 4.78 is 0. The Kier molecular flexibility index (Phi) is 2.66. The van der Waals surface area contributed by atoms with Gasteiger partial charge in [0.25, 0.3) is 0 Å². The molecule has 11 heavy (non-hydrogen) atoms. The van der Waals surface area contributed by atoms with Gasteiger partial charge >= 0.3 is 0 Å². The predicted octanol–water partition coefficient (Wildman–Crippen LogP) is 2.81. The smallest absolute Gasteiger partial charge is 0.120 e. The van der Waals surface area contributed by atoms with Crippen LogP contribution in [0.3, 0.4) is 0 Å². The Morgan fingerprint density at radius 2 is 1.64 bits per heavy atom. The zero-order valence-corrected chi connectivity index (χ0v) is 6.95. The SMILES string of the molecule is CC(C)C([O])c1ccccc1. The van der Waals surface area contributed by atoms with Crippen molar-refractivity contribution in [3.63, 3.8) is 0 Å². The van der Waals surface area contributed by atoms with Crippen molar-refractivity contribution in [1.29, 1.82) is 0 Å². The Balaban J connectivity index is 2.77. The van der Waals surface area contributed by atoms with E-state index in [1.165, 1.54) is 0 Å². The molecule has 0 amide bonds. The molecule has 1 aromatic carbocycles. The van der Waals surface area contributed by atoms with Crippen molar-refractivity contribution in [1.82, 2.24) is 0 Å². The molecule has 1 aromatic rings. The molecule has 1 unspecified atom stereocenters. The largest absolute Gasteiger partial charge is 0.228 e. The van der Waals surface area contributed by atoms with Crippen molar-refractivity contribution in [3.05, 3.63) is 35.9 Å². The van der Waals surface area contributed by atoms with E-state index in [2.05, 4.69) is 0 Å². The van der Waals surface area contributed by atoms with E-state index in [4.69, 9.17) is 0 Å². The summed E-state index contributed by atoms with van der Waals surface area (Å²) >= 11 is 0. The summed E-state index contributed by atoms with van der Waals surface area (Å²) in [5.74, 6) is 0.178. The second kappa shape index (κ2) is 3.54. The highest BCUT2D eigenvalue weighted by Gasteiger charge is 2.12. The van der Waals surface area contributed by atoms with E-state index in [1.54, 1.807) is 0 Å². The Hall–Kier alpha value is -0.820. The Morgan fingerprint density at radius 1 is 1.09 bits per heavy atom. The van der Waals surface area contributed by atoms with Crippen LogP contribution in [-0.4, -0.2) is 0 Å². The first-order chi connectivity index (χ1) is 5.22. The van der Waals surface area contributed by atoms with Gasteiger partial charge in [-0.1, -0.05) is 44.2 Å². The number of benzene rings is 1. The third kappa shape index (κ3) is 2.05. The van der Waals surface area contributed by atoms with E-state index in [0.29, 0.717) is 0 Å². The molecule has 0 saturated carbocycles. The topological polar surface area (TPSA) is 19.9 Å². The van der Waals surface area contributed by atoms with E-state index < -0.39 is 6.10 Å². The maximum absolute atomic E-state index is 11.4. The molecular weight excluding hydrogens is 136 g/mol. The van der Waals surface area contributed by atoms with Crippen LogP contribution in [0.15, 0.2) is 30.3 Å². The van der Waals surface area contributed by atoms with E-state index in [1.807, 2.05) is 44.2 Å². The molecule has 0 aliphatic heterocycles. The molecule has 0 spiro atoms. The third-order valence-corrected chi connectivity index (χ3v) is 1.73. The van der Waals surface area contributed by atoms with Crippen molar-refractivity contribution >= 4 is 0 Å². The number of hydrogen-bond donors (Lipinski definition) is 0. The summed E-state index contributed by atoms with van der Waals surface area (Å²) in [6.45, 7) is 3.90. The highest BCUT2D eigenvalue weighted by Crippen LogP contribution is 2.20. The van der Waals surface area contributed by atoms with Gasteiger partial charge in [0, 0.05) is 0 Å². The van der Waals surface area contributed by atoms with Gasteiger partial charge in [-0.25, -0.2) is 5.11 Å². The quantitative estimate of drug-likeness (QED) is 0.616. The van der Waals surface area contributed by atoms with Gasteiger partial charge in [-0.15, -0.1) is 0 Å². The fourth-order valence-electron chi connectivity index (χ4n) is 1.03. The zero-order valence-electron chi connectivity index (χ0n) is 6.95. The molecule has 0 fully saturated rings. The fourth-order valence-corrected chi connectivity index (χ4v) is 1.03. The summed E-state index contributed by atoms with van der Waals surface area (Å²) in [6.07, 6.45) is -0.573. The molecule has 1 heteroatoms. The van der Waals surface area contributed by atoms with Crippen LogP contribution in [0, 0.1) is 5.92 Å². The molecule has 1 nitrogen and oxygen atoms in total. The van der Waals surface area contributed by atoms with Gasteiger partial charge in [0.1, 0.15) is 6.10 Å². The van der Waals surface area contributed by atoms with Crippen LogP contribution in [0.25, 0.3) is 0 Å². The van der Waals surface area contributed by atoms with Crippen LogP contribution in [-0.2, 0) is 5.11 Å². The lowest BCUT2D eigenvalue weighted by Gasteiger charge is -2.11. The minimum atomic E-state index is -0.573. The van der Waals surface area contributed by atoms with E-state index in [9.17, 15) is 5.11 Å². The Bertz CT molecular complexity index is 203. The van der Waals surface area contributed by atoms with Crippen molar-refractivity contribution in [2.45, 2.75) is 20.0 Å². The summed E-state index contributed by atoms with van der Waals surface area (Å²) in [6, 6.07) is 9.51. The van der Waals surface area contributed by atoms with Crippen molar-refractivity contribution in [2.75, 3.05) is 0 Å². The average molecular weight is 149 g/mol. The molecule has 0 aliphatic rings. The molecule has 0 aromatic heterocycles. The standard InChI is InChI=1S/C10H13O/c1-8(2)10(11)9-6-4-3-5-7-9/h3-8,10H,1-2H3. The van der Waals surface area contributed by atoms with Crippen molar-refractivity contribution < 1.29 is 5.11 Å². The Morgan fingerprint density at radius 3 is 2.09 bits per heavy atom. The monoisotopic (exact) mass is 149 g/mol. The molecule has 1 atom stereocenters. The molecule has 0 saturated heterocycles. The van der Waals surface area contributed by atoms with Crippen molar-refractivity contribution in [2.24, 2.45) is 5.92 Å². The number of hydrogen-bond acceptors (Lipinski definition) is 0. The Labute approximate surface area is 67.7 Å². The van der Waals surface area contributed by atoms with Crippen LogP contribution in [0.4, 0.5) is 0 Å². The first kappa shape index (κ1) is 8.28. The molecule has 0 N–H and O–H groups in total. The van der Waals surface area contributed by atoms with Crippen LogP contribution >= 0.6 is 0 Å². The summed E-state index contributed by atoms with van der Waals surface area (Å²) in [5, 5.41) is 11.4. The summed E-state index contributed by atoms with van der Waals surface area (Å²) in [5.41, 5.74) is 0.891. The molecule has 0 aliphatic carbocycles. The van der Waals surface area contributed by atoms with Gasteiger partial charge in [-0.05, 0) is 11.5 Å². The molecule has 1 rings (SSSR count). The van der Waals surface area contributed by atoms with Crippen LogP contribution in [0.2, 0.25) is 0 Å². The third-order valence-electron chi connectivity index (χ3n) is 1.73. The lowest BCUT2D eigenvalue weighted by atomic mass is 10.00. The number of rotatable bonds is 2. The van der Waals surface area contributed by atoms with E-state index in [0.717, 1.165) is 5.56 Å². The van der Waals surface area contributed by atoms with Gasteiger partial charge in [0.2, 0.25) is 0 Å². The highest BCUT2D eigenvalue weighted by molar-refractivity contribution is 5.17. The average Bonchev–Trinajstić information content (AvgIpc) is 2.05. The maximum Gasteiger partial charge on any atom is 0.120 e. The van der Waals surface area contributed by atoms with Gasteiger partial charge in [-0.2, -0.15) is 0 Å². The second-order valence-corrected chi connectivity index (χ2v) is 3.08. The first-order valence-electron chi connectivity index (χ1n) is 3.92. The van der Waals surface area contributed by atoms with Crippen molar-refractivity contribution in [3.8, 4) is 0 Å². The maximum atomic E-state index is 11.4. The van der Waals surface area contributed by atoms with Gasteiger partial charge in [0.05, 0.1) is 0 Å². The zero-order chi connectivity index (χ0) is 8.27.